The van der Waals surface area contributed by atoms with E-state index in [0.29, 0.717) is 13.2 Å². The van der Waals surface area contributed by atoms with Gasteiger partial charge in [-0.1, -0.05) is 0 Å². The molecule has 0 aromatic rings. The molecule has 0 atom stereocenters. The van der Waals surface area contributed by atoms with Crippen molar-refractivity contribution in [3.8, 4) is 0 Å². The van der Waals surface area contributed by atoms with Gasteiger partial charge in [0.2, 0.25) is 0 Å². The quantitative estimate of drug-likeness (QED) is 0.671. The summed E-state index contributed by atoms with van der Waals surface area (Å²) in [6, 6.07) is 0.256. The molecule has 0 unspecified atom stereocenters. The van der Waals surface area contributed by atoms with Crippen LogP contribution in [0.15, 0.2) is 0 Å². The highest BCUT2D eigenvalue weighted by atomic mass is 16.5. The fourth-order valence-corrected chi connectivity index (χ4v) is 1.10. The lowest BCUT2D eigenvalue weighted by atomic mass is 10.3. The van der Waals surface area contributed by atoms with Crippen LogP contribution in [0.5, 0.6) is 0 Å². The molecule has 0 aliphatic carbocycles. The molecule has 0 radical (unpaired) electrons. The molecule has 0 spiro atoms. The first-order chi connectivity index (χ1) is 5.77. The lowest BCUT2D eigenvalue weighted by Gasteiger charge is -2.29. The van der Waals surface area contributed by atoms with Gasteiger partial charge in [-0.15, -0.1) is 0 Å². The molecule has 1 aliphatic rings. The molecule has 0 bridgehead atoms. The van der Waals surface area contributed by atoms with Gasteiger partial charge in [0.1, 0.15) is 0 Å². The highest BCUT2D eigenvalue weighted by Gasteiger charge is 2.21. The van der Waals surface area contributed by atoms with Gasteiger partial charge in [-0.25, -0.2) is 4.79 Å². The van der Waals surface area contributed by atoms with Crippen LogP contribution in [0.3, 0.4) is 0 Å². The van der Waals surface area contributed by atoms with Gasteiger partial charge in [0, 0.05) is 13.1 Å². The van der Waals surface area contributed by atoms with E-state index in [1.54, 1.807) is 4.90 Å². The molecule has 1 saturated heterocycles. The van der Waals surface area contributed by atoms with Crippen molar-refractivity contribution in [2.75, 3.05) is 26.3 Å². The Morgan fingerprint density at radius 3 is 2.42 bits per heavy atom. The highest BCUT2D eigenvalue weighted by Crippen LogP contribution is 2.00. The molecule has 4 heteroatoms. The van der Waals surface area contributed by atoms with E-state index in [4.69, 9.17) is 4.74 Å². The fourth-order valence-electron chi connectivity index (χ4n) is 1.10. The maximum atomic E-state index is 11.4. The summed E-state index contributed by atoms with van der Waals surface area (Å²) >= 11 is 0. The molecule has 12 heavy (non-hydrogen) atoms. The Morgan fingerprint density at radius 1 is 1.50 bits per heavy atom. The highest BCUT2D eigenvalue weighted by molar-refractivity contribution is 5.74. The summed E-state index contributed by atoms with van der Waals surface area (Å²) in [6.07, 6.45) is 0. The first-order valence-electron chi connectivity index (χ1n) is 4.41. The number of rotatable bonds is 3. The molecule has 0 aromatic carbocycles. The third kappa shape index (κ3) is 2.11. The van der Waals surface area contributed by atoms with E-state index in [1.165, 1.54) is 0 Å². The van der Waals surface area contributed by atoms with E-state index in [-0.39, 0.29) is 12.1 Å². The molecule has 1 rings (SSSR count). The Kier molecular flexibility index (Phi) is 3.34. The summed E-state index contributed by atoms with van der Waals surface area (Å²) in [4.78, 5) is 13.1. The van der Waals surface area contributed by atoms with Gasteiger partial charge in [-0.3, -0.25) is 0 Å². The number of carbonyl (C=O) groups excluding carboxylic acids is 1. The summed E-state index contributed by atoms with van der Waals surface area (Å²) in [5, 5.41) is 2.88. The topological polar surface area (TPSA) is 41.6 Å². The number of ether oxygens (including phenoxy) is 1. The Balaban J connectivity index is 2.24. The molecule has 1 aliphatic heterocycles. The van der Waals surface area contributed by atoms with Crippen LogP contribution in [0.4, 0.5) is 4.79 Å². The summed E-state index contributed by atoms with van der Waals surface area (Å²) in [5.41, 5.74) is 0. The Labute approximate surface area is 72.9 Å². The normalized spacial score (nSPS) is 16.8. The molecular weight excluding hydrogens is 156 g/mol. The minimum atomic E-state index is 0.0216. The van der Waals surface area contributed by atoms with Crippen molar-refractivity contribution in [3.05, 3.63) is 0 Å². The maximum Gasteiger partial charge on any atom is 0.317 e. The summed E-state index contributed by atoms with van der Waals surface area (Å²) < 4.78 is 4.95. The van der Waals surface area contributed by atoms with Gasteiger partial charge in [-0.05, 0) is 13.8 Å². The zero-order chi connectivity index (χ0) is 8.97. The van der Waals surface area contributed by atoms with Crippen molar-refractivity contribution in [2.45, 2.75) is 19.9 Å². The monoisotopic (exact) mass is 172 g/mol. The predicted molar refractivity (Wildman–Crippen MR) is 46.1 cm³/mol. The number of nitrogens with one attached hydrogen (secondary N) is 1. The van der Waals surface area contributed by atoms with Gasteiger partial charge < -0.3 is 15.0 Å². The second kappa shape index (κ2) is 4.30. The van der Waals surface area contributed by atoms with Gasteiger partial charge in [0.25, 0.3) is 0 Å². The van der Waals surface area contributed by atoms with E-state index >= 15 is 0 Å². The van der Waals surface area contributed by atoms with Gasteiger partial charge >= 0.3 is 6.03 Å². The largest absolute Gasteiger partial charge is 0.377 e. The molecule has 4 nitrogen and oxygen atoms in total. The molecule has 1 heterocycles. The number of amides is 2. The molecule has 0 saturated carbocycles. The van der Waals surface area contributed by atoms with E-state index < -0.39 is 0 Å². The van der Waals surface area contributed by atoms with E-state index in [9.17, 15) is 4.79 Å². The summed E-state index contributed by atoms with van der Waals surface area (Å²) in [5.74, 6) is 0. The van der Waals surface area contributed by atoms with Crippen LogP contribution in [-0.4, -0.2) is 43.3 Å². The van der Waals surface area contributed by atoms with Crippen molar-refractivity contribution in [2.24, 2.45) is 0 Å². The van der Waals surface area contributed by atoms with Crippen LogP contribution in [0.2, 0.25) is 0 Å². The Hall–Kier alpha value is -0.770. The third-order valence-electron chi connectivity index (χ3n) is 2.02. The Morgan fingerprint density at radius 2 is 2.08 bits per heavy atom. The van der Waals surface area contributed by atoms with Crippen LogP contribution in [0.25, 0.3) is 0 Å². The SMILES string of the molecule is CCN(CC)C(=O)NC1COC1. The third-order valence-corrected chi connectivity index (χ3v) is 2.02. The molecule has 0 aromatic heterocycles. The fraction of sp³-hybridized carbons (Fsp3) is 0.875. The zero-order valence-electron chi connectivity index (χ0n) is 7.67. The van der Waals surface area contributed by atoms with E-state index in [0.717, 1.165) is 13.1 Å². The Bertz CT molecular complexity index is 153. The van der Waals surface area contributed by atoms with Gasteiger partial charge in [-0.2, -0.15) is 0 Å². The van der Waals surface area contributed by atoms with Crippen LogP contribution < -0.4 is 5.32 Å². The lowest BCUT2D eigenvalue weighted by molar-refractivity contribution is -0.00187. The number of urea groups is 1. The first kappa shape index (κ1) is 9.32. The second-order valence-corrected chi connectivity index (χ2v) is 2.86. The number of nitrogens with zero attached hydrogens (tertiary/aromatic N) is 1. The van der Waals surface area contributed by atoms with Crippen LogP contribution in [0.1, 0.15) is 13.8 Å². The predicted octanol–water partition coefficient (Wildman–Crippen LogP) is 0.437. The van der Waals surface area contributed by atoms with Crippen LogP contribution in [0, 0.1) is 0 Å². The van der Waals surface area contributed by atoms with Crippen molar-refractivity contribution >= 4 is 6.03 Å². The number of carbonyl (C=O) groups is 1. The van der Waals surface area contributed by atoms with Gasteiger partial charge in [0.15, 0.2) is 0 Å². The van der Waals surface area contributed by atoms with E-state index in [1.807, 2.05) is 13.8 Å². The molecule has 1 fully saturated rings. The lowest BCUT2D eigenvalue weighted by Crippen LogP contribution is -2.52. The second-order valence-electron chi connectivity index (χ2n) is 2.86. The summed E-state index contributed by atoms with van der Waals surface area (Å²) in [6.45, 7) is 6.78. The minimum Gasteiger partial charge on any atom is -0.377 e. The number of hydrogen-bond donors (Lipinski definition) is 1. The van der Waals surface area contributed by atoms with Crippen molar-refractivity contribution in [1.29, 1.82) is 0 Å². The number of hydrogen-bond acceptors (Lipinski definition) is 2. The van der Waals surface area contributed by atoms with Crippen LogP contribution >= 0.6 is 0 Å². The average molecular weight is 172 g/mol. The molecule has 1 N–H and O–H groups in total. The maximum absolute atomic E-state index is 11.4. The summed E-state index contributed by atoms with van der Waals surface area (Å²) in [7, 11) is 0. The van der Waals surface area contributed by atoms with Crippen molar-refractivity contribution in [3.63, 3.8) is 0 Å². The van der Waals surface area contributed by atoms with E-state index in [2.05, 4.69) is 5.32 Å². The van der Waals surface area contributed by atoms with Crippen molar-refractivity contribution < 1.29 is 9.53 Å². The molecule has 2 amide bonds. The smallest absolute Gasteiger partial charge is 0.317 e. The van der Waals surface area contributed by atoms with Gasteiger partial charge in [0.05, 0.1) is 19.3 Å². The minimum absolute atomic E-state index is 0.0216. The zero-order valence-corrected chi connectivity index (χ0v) is 7.67. The first-order valence-corrected chi connectivity index (χ1v) is 4.41. The standard InChI is InChI=1S/C8H16N2O2/c1-3-10(4-2)8(11)9-7-5-12-6-7/h7H,3-6H2,1-2H3,(H,9,11). The van der Waals surface area contributed by atoms with Crippen LogP contribution in [-0.2, 0) is 4.74 Å². The molecular formula is C8H16N2O2. The average Bonchev–Trinajstić information content (AvgIpc) is 1.99. The van der Waals surface area contributed by atoms with Crippen molar-refractivity contribution in [1.82, 2.24) is 10.2 Å². The molecule has 70 valence electrons.